The molecule has 3 heterocycles. The zero-order chi connectivity index (χ0) is 21.4. The van der Waals surface area contributed by atoms with Gasteiger partial charge in [-0.1, -0.05) is 12.1 Å². The molecule has 1 fully saturated rings. The van der Waals surface area contributed by atoms with Crippen molar-refractivity contribution in [2.75, 3.05) is 18.1 Å². The number of likely N-dealkylation sites (tertiary alicyclic amines) is 1. The Morgan fingerprint density at radius 3 is 2.77 bits per heavy atom. The number of hydrogen-bond acceptors (Lipinski definition) is 6. The number of sulfonamides is 1. The summed E-state index contributed by atoms with van der Waals surface area (Å²) >= 11 is 1.63. The van der Waals surface area contributed by atoms with E-state index in [4.69, 9.17) is 9.47 Å². The van der Waals surface area contributed by atoms with E-state index in [1.54, 1.807) is 41.7 Å². The maximum Gasteiger partial charge on any atom is 0.261 e. The molecule has 1 aromatic heterocycles. The number of nitrogens with zero attached hydrogens (tertiary/aromatic N) is 1. The summed E-state index contributed by atoms with van der Waals surface area (Å²) in [5.74, 6) is 0.898. The van der Waals surface area contributed by atoms with Crippen LogP contribution in [-0.4, -0.2) is 32.6 Å². The topological polar surface area (TPSA) is 84.9 Å². The van der Waals surface area contributed by atoms with Crippen LogP contribution < -0.4 is 14.2 Å². The number of carbonyl (C=O) groups is 1. The molecule has 9 heteroatoms. The third kappa shape index (κ3) is 3.86. The molecule has 2 aromatic carbocycles. The number of carbonyl (C=O) groups excluding carboxylic acids is 1. The molecule has 1 N–H and O–H groups in total. The van der Waals surface area contributed by atoms with Gasteiger partial charge in [0.15, 0.2) is 11.5 Å². The largest absolute Gasteiger partial charge is 0.454 e. The van der Waals surface area contributed by atoms with Crippen LogP contribution in [0.2, 0.25) is 0 Å². The average molecular weight is 457 g/mol. The number of amides is 1. The van der Waals surface area contributed by atoms with Gasteiger partial charge >= 0.3 is 0 Å². The number of rotatable bonds is 5. The Morgan fingerprint density at radius 2 is 1.94 bits per heavy atom. The second kappa shape index (κ2) is 7.90. The summed E-state index contributed by atoms with van der Waals surface area (Å²) in [4.78, 5) is 16.2. The Kier molecular flexibility index (Phi) is 5.07. The molecule has 7 nitrogen and oxygen atoms in total. The van der Waals surface area contributed by atoms with Gasteiger partial charge in [-0.05, 0) is 54.6 Å². The van der Waals surface area contributed by atoms with Crippen LogP contribution in [0.3, 0.4) is 0 Å². The van der Waals surface area contributed by atoms with Gasteiger partial charge in [-0.25, -0.2) is 8.42 Å². The molecule has 0 saturated carbocycles. The minimum Gasteiger partial charge on any atom is -0.454 e. The lowest BCUT2D eigenvalue weighted by Gasteiger charge is -2.24. The second-order valence-corrected chi connectivity index (χ2v) is 10.0. The molecule has 0 bridgehead atoms. The highest BCUT2D eigenvalue weighted by molar-refractivity contribution is 7.92. The molecule has 2 aliphatic rings. The highest BCUT2D eigenvalue weighted by atomic mass is 32.2. The lowest BCUT2D eigenvalue weighted by atomic mass is 10.1. The maximum atomic E-state index is 13.2. The smallest absolute Gasteiger partial charge is 0.261 e. The van der Waals surface area contributed by atoms with Gasteiger partial charge in [-0.2, -0.15) is 0 Å². The number of ether oxygens (including phenoxy) is 2. The number of nitrogens with one attached hydrogen (secondary N) is 1. The Labute approximate surface area is 184 Å². The normalized spacial score (nSPS) is 17.7. The van der Waals surface area contributed by atoms with Gasteiger partial charge < -0.3 is 14.4 Å². The molecule has 1 saturated heterocycles. The quantitative estimate of drug-likeness (QED) is 0.620. The van der Waals surface area contributed by atoms with E-state index in [1.807, 2.05) is 22.4 Å². The summed E-state index contributed by atoms with van der Waals surface area (Å²) in [5, 5.41) is 2.01. The van der Waals surface area contributed by atoms with Gasteiger partial charge in [0.05, 0.1) is 16.6 Å². The molecular formula is C22H20N2O5S2. The van der Waals surface area contributed by atoms with Crippen molar-refractivity contribution in [3.8, 4) is 11.5 Å². The van der Waals surface area contributed by atoms with Crippen molar-refractivity contribution in [1.29, 1.82) is 0 Å². The first-order valence-electron chi connectivity index (χ1n) is 9.88. The Hall–Kier alpha value is -3.04. The van der Waals surface area contributed by atoms with E-state index in [9.17, 15) is 13.2 Å². The zero-order valence-corrected chi connectivity index (χ0v) is 18.1. The molecule has 0 unspecified atom stereocenters. The van der Waals surface area contributed by atoms with Crippen molar-refractivity contribution in [3.05, 3.63) is 70.4 Å². The summed E-state index contributed by atoms with van der Waals surface area (Å²) in [5.41, 5.74) is 0.718. The molecule has 0 radical (unpaired) electrons. The van der Waals surface area contributed by atoms with Crippen molar-refractivity contribution in [2.24, 2.45) is 0 Å². The minimum absolute atomic E-state index is 0.0305. The van der Waals surface area contributed by atoms with Crippen molar-refractivity contribution in [3.63, 3.8) is 0 Å². The highest BCUT2D eigenvalue weighted by Crippen LogP contribution is 2.36. The molecule has 160 valence electrons. The summed E-state index contributed by atoms with van der Waals surface area (Å²) in [6, 6.07) is 15.1. The molecule has 1 atom stereocenters. The number of fused-ring (bicyclic) bond motifs is 1. The van der Waals surface area contributed by atoms with Crippen LogP contribution in [0.25, 0.3) is 0 Å². The zero-order valence-electron chi connectivity index (χ0n) is 16.5. The van der Waals surface area contributed by atoms with E-state index < -0.39 is 10.0 Å². The third-order valence-corrected chi connectivity index (χ3v) is 7.75. The first kappa shape index (κ1) is 19.9. The van der Waals surface area contributed by atoms with E-state index in [-0.39, 0.29) is 23.6 Å². The number of benzene rings is 2. The van der Waals surface area contributed by atoms with Crippen LogP contribution >= 0.6 is 11.3 Å². The maximum absolute atomic E-state index is 13.2. The van der Waals surface area contributed by atoms with E-state index in [2.05, 4.69) is 4.72 Å². The van der Waals surface area contributed by atoms with Crippen molar-refractivity contribution in [1.82, 2.24) is 4.90 Å². The van der Waals surface area contributed by atoms with Gasteiger partial charge in [0, 0.05) is 23.1 Å². The van der Waals surface area contributed by atoms with Crippen LogP contribution in [0, 0.1) is 0 Å². The van der Waals surface area contributed by atoms with Crippen LogP contribution in [0.4, 0.5) is 5.69 Å². The monoisotopic (exact) mass is 456 g/mol. The summed E-state index contributed by atoms with van der Waals surface area (Å²) < 4.78 is 39.0. The Bertz CT molecular complexity index is 1220. The molecule has 2 aliphatic heterocycles. The van der Waals surface area contributed by atoms with Gasteiger partial charge in [-0.3, -0.25) is 9.52 Å². The lowest BCUT2D eigenvalue weighted by Crippen LogP contribution is -2.30. The summed E-state index contributed by atoms with van der Waals surface area (Å²) in [6.07, 6.45) is 1.84. The number of anilines is 1. The van der Waals surface area contributed by atoms with E-state index in [0.29, 0.717) is 29.3 Å². The van der Waals surface area contributed by atoms with Crippen LogP contribution in [-0.2, 0) is 10.0 Å². The molecule has 31 heavy (non-hydrogen) atoms. The number of hydrogen-bond donors (Lipinski definition) is 1. The second-order valence-electron chi connectivity index (χ2n) is 7.37. The Morgan fingerprint density at radius 1 is 1.06 bits per heavy atom. The fourth-order valence-corrected chi connectivity index (χ4v) is 5.89. The fourth-order valence-electron chi connectivity index (χ4n) is 3.92. The van der Waals surface area contributed by atoms with Crippen molar-refractivity contribution < 1.29 is 22.7 Å². The van der Waals surface area contributed by atoms with Gasteiger partial charge in [-0.15, -0.1) is 11.3 Å². The van der Waals surface area contributed by atoms with Gasteiger partial charge in [0.2, 0.25) is 6.79 Å². The number of thiophene rings is 1. The fraction of sp³-hybridized carbons (Fsp3) is 0.227. The van der Waals surface area contributed by atoms with E-state index >= 15 is 0 Å². The van der Waals surface area contributed by atoms with Crippen molar-refractivity contribution >= 4 is 33.0 Å². The summed E-state index contributed by atoms with van der Waals surface area (Å²) in [6.45, 7) is 0.770. The van der Waals surface area contributed by atoms with Gasteiger partial charge in [0.25, 0.3) is 15.9 Å². The van der Waals surface area contributed by atoms with Crippen LogP contribution in [0.1, 0.15) is 34.1 Å². The predicted octanol–water partition coefficient (Wildman–Crippen LogP) is 4.25. The predicted molar refractivity (Wildman–Crippen MR) is 117 cm³/mol. The average Bonchev–Trinajstić information content (AvgIpc) is 3.53. The first-order chi connectivity index (χ1) is 15.0. The van der Waals surface area contributed by atoms with E-state index in [0.717, 1.165) is 17.7 Å². The first-order valence-corrected chi connectivity index (χ1v) is 12.2. The van der Waals surface area contributed by atoms with Crippen LogP contribution in [0.15, 0.2) is 64.9 Å². The van der Waals surface area contributed by atoms with Crippen LogP contribution in [0.5, 0.6) is 11.5 Å². The lowest BCUT2D eigenvalue weighted by molar-refractivity contribution is 0.0737. The molecular weight excluding hydrogens is 436 g/mol. The van der Waals surface area contributed by atoms with Crippen molar-refractivity contribution in [2.45, 2.75) is 23.8 Å². The van der Waals surface area contributed by atoms with E-state index in [1.165, 1.54) is 12.1 Å². The third-order valence-electron chi connectivity index (χ3n) is 5.40. The minimum atomic E-state index is -3.88. The molecule has 1 amide bonds. The molecule has 3 aromatic rings. The Balaban J connectivity index is 1.38. The SMILES string of the molecule is O=C(c1cccc(S(=O)(=O)Nc2ccc3c(c2)OCO3)c1)N1CCC[C@@H]1c1cccs1. The highest BCUT2D eigenvalue weighted by Gasteiger charge is 2.31. The molecule has 0 aliphatic carbocycles. The summed E-state index contributed by atoms with van der Waals surface area (Å²) in [7, 11) is -3.88. The molecule has 0 spiro atoms. The molecule has 5 rings (SSSR count). The van der Waals surface area contributed by atoms with Gasteiger partial charge in [0.1, 0.15) is 0 Å². The standard InChI is InChI=1S/C22H20N2O5S2/c25-22(24-10-2-6-18(24)21-7-3-11-30-21)15-4-1-5-17(12-15)31(26,27)23-16-8-9-19-20(13-16)29-14-28-19/h1,3-5,7-9,11-13,18,23H,2,6,10,14H2/t18-/m1/s1.